The molecule has 1 aromatic rings. The summed E-state index contributed by atoms with van der Waals surface area (Å²) in [6, 6.07) is 7.60. The number of hydrogen-bond acceptors (Lipinski definition) is 4. The van der Waals surface area contributed by atoms with E-state index in [1.165, 1.54) is 22.7 Å². The van der Waals surface area contributed by atoms with Crippen molar-refractivity contribution in [1.29, 1.82) is 0 Å². The lowest BCUT2D eigenvalue weighted by molar-refractivity contribution is -0.127. The summed E-state index contributed by atoms with van der Waals surface area (Å²) in [5.74, 6) is 0.760. The van der Waals surface area contributed by atoms with Gasteiger partial charge in [0.1, 0.15) is 5.75 Å². The quantitative estimate of drug-likeness (QED) is 0.713. The number of carbonyl (C=O) groups is 1. The Morgan fingerprint density at radius 1 is 1.29 bits per heavy atom. The van der Waals surface area contributed by atoms with Crippen molar-refractivity contribution >= 4 is 16.1 Å². The third kappa shape index (κ3) is 5.68. The Morgan fingerprint density at radius 3 is 2.46 bits per heavy atom. The van der Waals surface area contributed by atoms with Crippen LogP contribution in [-0.4, -0.2) is 57.2 Å². The van der Waals surface area contributed by atoms with E-state index in [9.17, 15) is 13.2 Å². The van der Waals surface area contributed by atoms with E-state index in [0.29, 0.717) is 25.3 Å². The zero-order valence-corrected chi connectivity index (χ0v) is 18.3. The molecule has 1 aromatic carbocycles. The second-order valence-electron chi connectivity index (χ2n) is 7.95. The monoisotopic (exact) mass is 411 g/mol. The van der Waals surface area contributed by atoms with E-state index in [-0.39, 0.29) is 24.4 Å². The van der Waals surface area contributed by atoms with Gasteiger partial charge in [0, 0.05) is 27.2 Å². The van der Waals surface area contributed by atoms with Gasteiger partial charge in [0.15, 0.2) is 0 Å². The smallest absolute Gasteiger partial charge is 0.281 e. The summed E-state index contributed by atoms with van der Waals surface area (Å²) in [6.07, 6.45) is 2.19. The van der Waals surface area contributed by atoms with Crippen LogP contribution in [0.2, 0.25) is 0 Å². The Morgan fingerprint density at radius 2 is 1.93 bits per heavy atom. The van der Waals surface area contributed by atoms with Crippen LogP contribution >= 0.6 is 0 Å². The van der Waals surface area contributed by atoms with Gasteiger partial charge in [-0.15, -0.1) is 0 Å². The van der Waals surface area contributed by atoms with E-state index < -0.39 is 10.2 Å². The molecule has 1 saturated heterocycles. The zero-order valence-electron chi connectivity index (χ0n) is 17.5. The van der Waals surface area contributed by atoms with Crippen molar-refractivity contribution in [1.82, 2.24) is 13.9 Å². The molecule has 1 N–H and O–H groups in total. The van der Waals surface area contributed by atoms with Crippen LogP contribution < -0.4 is 10.1 Å². The predicted octanol–water partition coefficient (Wildman–Crippen LogP) is 2.42. The maximum Gasteiger partial charge on any atom is 0.281 e. The lowest BCUT2D eigenvalue weighted by Gasteiger charge is -2.33. The fraction of sp³-hybridized carbons (Fsp3) is 0.650. The second kappa shape index (κ2) is 9.71. The Balaban J connectivity index is 2.11. The van der Waals surface area contributed by atoms with Gasteiger partial charge >= 0.3 is 0 Å². The van der Waals surface area contributed by atoms with Gasteiger partial charge in [-0.05, 0) is 42.9 Å². The number of piperidine rings is 1. The van der Waals surface area contributed by atoms with E-state index in [0.717, 1.165) is 17.7 Å². The molecule has 8 heteroatoms. The highest BCUT2D eigenvalue weighted by Gasteiger charge is 2.34. The average molecular weight is 412 g/mol. The molecule has 158 valence electrons. The second-order valence-corrected chi connectivity index (χ2v) is 10.1. The van der Waals surface area contributed by atoms with E-state index in [1.54, 1.807) is 7.11 Å². The summed E-state index contributed by atoms with van der Waals surface area (Å²) >= 11 is 0. The number of hydrogen-bond donors (Lipinski definition) is 1. The maximum atomic E-state index is 13.0. The van der Waals surface area contributed by atoms with Crippen LogP contribution in [-0.2, 0) is 15.0 Å². The molecule has 0 unspecified atom stereocenters. The number of nitrogens with zero attached hydrogens (tertiary/aromatic N) is 2. The van der Waals surface area contributed by atoms with Crippen LogP contribution in [0.3, 0.4) is 0 Å². The van der Waals surface area contributed by atoms with Gasteiger partial charge in [-0.3, -0.25) is 4.79 Å². The average Bonchev–Trinajstić information content (AvgIpc) is 2.67. The number of carbonyl (C=O) groups excluding carboxylic acids is 1. The zero-order chi connectivity index (χ0) is 20.9. The number of rotatable bonds is 8. The van der Waals surface area contributed by atoms with Crippen molar-refractivity contribution in [3.05, 3.63) is 29.8 Å². The summed E-state index contributed by atoms with van der Waals surface area (Å²) in [6.45, 7) is 4.92. The molecular formula is C20H33N3O4S. The Labute approximate surface area is 169 Å². The molecule has 0 radical (unpaired) electrons. The van der Waals surface area contributed by atoms with Gasteiger partial charge in [-0.2, -0.15) is 17.0 Å². The molecule has 28 heavy (non-hydrogen) atoms. The molecule has 1 amide bonds. The Hall–Kier alpha value is -1.64. The molecule has 7 nitrogen and oxygen atoms in total. The van der Waals surface area contributed by atoms with Crippen LogP contribution in [0.4, 0.5) is 0 Å². The van der Waals surface area contributed by atoms with Gasteiger partial charge in [-0.25, -0.2) is 0 Å². The van der Waals surface area contributed by atoms with Gasteiger partial charge in [0.05, 0.1) is 19.1 Å². The molecule has 2 atom stereocenters. The number of benzene rings is 1. The highest BCUT2D eigenvalue weighted by Crippen LogP contribution is 2.26. The first-order chi connectivity index (χ1) is 13.1. The largest absolute Gasteiger partial charge is 0.497 e. The van der Waals surface area contributed by atoms with Crippen LogP contribution in [0.15, 0.2) is 24.3 Å². The molecule has 0 aromatic heterocycles. The molecule has 0 spiro atoms. The maximum absolute atomic E-state index is 13.0. The fourth-order valence-corrected chi connectivity index (χ4v) is 4.66. The van der Waals surface area contributed by atoms with Crippen LogP contribution in [0.25, 0.3) is 0 Å². The Bertz CT molecular complexity index is 747. The van der Waals surface area contributed by atoms with E-state index >= 15 is 0 Å². The standard InChI is InChI=1S/C20H33N3O4S/c1-15(2)13-19(16-8-10-18(27-5)11-9-16)21-20(24)17-7-6-12-23(14-17)28(25,26)22(3)4/h8-11,15,17,19H,6-7,12-14H2,1-5H3,(H,21,24)/t17-,19+/m0/s1. The summed E-state index contributed by atoms with van der Waals surface area (Å²) in [5.41, 5.74) is 1.02. The molecule has 1 aliphatic rings. The third-order valence-electron chi connectivity index (χ3n) is 5.08. The number of nitrogens with one attached hydrogen (secondary N) is 1. The van der Waals surface area contributed by atoms with Crippen molar-refractivity contribution < 1.29 is 17.9 Å². The van der Waals surface area contributed by atoms with Crippen molar-refractivity contribution in [2.24, 2.45) is 11.8 Å². The molecule has 0 saturated carbocycles. The van der Waals surface area contributed by atoms with Gasteiger partial charge in [-0.1, -0.05) is 26.0 Å². The molecule has 1 heterocycles. The summed E-state index contributed by atoms with van der Waals surface area (Å²) in [4.78, 5) is 13.0. The van der Waals surface area contributed by atoms with Crippen LogP contribution in [0.5, 0.6) is 5.75 Å². The van der Waals surface area contributed by atoms with Crippen molar-refractivity contribution in [2.45, 2.75) is 39.2 Å². The van der Waals surface area contributed by atoms with Gasteiger partial charge in [0.25, 0.3) is 10.2 Å². The lowest BCUT2D eigenvalue weighted by Crippen LogP contribution is -2.49. The van der Waals surface area contributed by atoms with Crippen LogP contribution in [0.1, 0.15) is 44.7 Å². The SMILES string of the molecule is COc1ccc([C@@H](CC(C)C)NC(=O)[C@H]2CCCN(S(=O)(=O)N(C)C)C2)cc1. The fourth-order valence-electron chi connectivity index (χ4n) is 3.47. The molecule has 0 bridgehead atoms. The van der Waals surface area contributed by atoms with E-state index in [2.05, 4.69) is 19.2 Å². The minimum atomic E-state index is -3.50. The third-order valence-corrected chi connectivity index (χ3v) is 6.99. The number of amides is 1. The van der Waals surface area contributed by atoms with Crippen LogP contribution in [0, 0.1) is 11.8 Å². The van der Waals surface area contributed by atoms with Gasteiger partial charge in [0.2, 0.25) is 5.91 Å². The first kappa shape index (κ1) is 22.6. The van der Waals surface area contributed by atoms with Crippen molar-refractivity contribution in [3.8, 4) is 5.75 Å². The molecule has 2 rings (SSSR count). The number of ether oxygens (including phenoxy) is 1. The molecule has 0 aliphatic carbocycles. The summed E-state index contributed by atoms with van der Waals surface area (Å²) in [5, 5.41) is 3.16. The highest BCUT2D eigenvalue weighted by atomic mass is 32.2. The Kier molecular flexibility index (Phi) is 7.86. The van der Waals surface area contributed by atoms with Crippen molar-refractivity contribution in [3.63, 3.8) is 0 Å². The number of methoxy groups -OCH3 is 1. The predicted molar refractivity (Wildman–Crippen MR) is 110 cm³/mol. The molecule has 1 fully saturated rings. The topological polar surface area (TPSA) is 79.0 Å². The highest BCUT2D eigenvalue weighted by molar-refractivity contribution is 7.86. The van der Waals surface area contributed by atoms with E-state index in [1.807, 2.05) is 24.3 Å². The minimum Gasteiger partial charge on any atom is -0.497 e. The minimum absolute atomic E-state index is 0.0832. The molecule has 1 aliphatic heterocycles. The lowest BCUT2D eigenvalue weighted by atomic mass is 9.94. The van der Waals surface area contributed by atoms with E-state index in [4.69, 9.17) is 4.74 Å². The van der Waals surface area contributed by atoms with Crippen molar-refractivity contribution in [2.75, 3.05) is 34.3 Å². The first-order valence-corrected chi connectivity index (χ1v) is 11.2. The summed E-state index contributed by atoms with van der Waals surface area (Å²) < 4.78 is 32.6. The molecular weight excluding hydrogens is 378 g/mol. The first-order valence-electron chi connectivity index (χ1n) is 9.77. The normalized spacial score (nSPS) is 19.6. The summed E-state index contributed by atoms with van der Waals surface area (Å²) in [7, 11) is 1.15. The van der Waals surface area contributed by atoms with Gasteiger partial charge < -0.3 is 10.1 Å².